The summed E-state index contributed by atoms with van der Waals surface area (Å²) in [6.07, 6.45) is 1.22. The van der Waals surface area contributed by atoms with Gasteiger partial charge in [0.25, 0.3) is 0 Å². The number of carbonyl (C=O) groups is 1. The molecular weight excluding hydrogens is 260 g/mol. The van der Waals surface area contributed by atoms with E-state index in [9.17, 15) is 4.79 Å². The second-order valence-electron chi connectivity index (χ2n) is 3.55. The molecule has 0 unspecified atom stereocenters. The van der Waals surface area contributed by atoms with Crippen LogP contribution < -0.4 is 5.32 Å². The van der Waals surface area contributed by atoms with Crippen LogP contribution in [0.5, 0.6) is 0 Å². The van der Waals surface area contributed by atoms with Crippen molar-refractivity contribution in [1.29, 1.82) is 0 Å². The van der Waals surface area contributed by atoms with Crippen LogP contribution in [0.3, 0.4) is 0 Å². The molecule has 1 N–H and O–H groups in total. The van der Waals surface area contributed by atoms with Crippen LogP contribution in [0.1, 0.15) is 10.6 Å². The van der Waals surface area contributed by atoms with Gasteiger partial charge in [-0.1, -0.05) is 36.3 Å². The minimum absolute atomic E-state index is 0.243. The smallest absolute Gasteiger partial charge is 0.408 e. The zero-order chi connectivity index (χ0) is 13.3. The lowest BCUT2D eigenvalue weighted by Gasteiger charge is -2.04. The molecule has 0 atom stereocenters. The molecule has 1 aromatic carbocycles. The van der Waals surface area contributed by atoms with Crippen LogP contribution in [0.25, 0.3) is 0 Å². The molecule has 0 aliphatic rings. The molecule has 0 fully saturated rings. The Labute approximate surface area is 115 Å². The van der Waals surface area contributed by atoms with Crippen LogP contribution in [-0.2, 0) is 11.3 Å². The van der Waals surface area contributed by atoms with E-state index in [4.69, 9.17) is 4.74 Å². The van der Waals surface area contributed by atoms with Gasteiger partial charge in [-0.2, -0.15) is 0 Å². The fourth-order valence-electron chi connectivity index (χ4n) is 1.30. The Bertz CT molecular complexity index is 570. The van der Waals surface area contributed by atoms with Crippen molar-refractivity contribution in [3.05, 3.63) is 52.5 Å². The third-order valence-corrected chi connectivity index (χ3v) is 2.85. The molecule has 19 heavy (non-hydrogen) atoms. The standard InChI is InChI=1S/C14H12N2O2S/c17-14(18-11-12-5-2-1-3-6-12)16-8-4-7-13-15-9-10-19-13/h1-3,5-6,9-10H,8,11H2,(H,16,17). The van der Waals surface area contributed by atoms with Gasteiger partial charge in [0, 0.05) is 11.6 Å². The molecule has 2 aromatic rings. The number of rotatable bonds is 3. The largest absolute Gasteiger partial charge is 0.445 e. The monoisotopic (exact) mass is 272 g/mol. The first kappa shape index (κ1) is 13.1. The zero-order valence-corrected chi connectivity index (χ0v) is 10.9. The predicted octanol–water partition coefficient (Wildman–Crippen LogP) is 2.42. The van der Waals surface area contributed by atoms with Crippen LogP contribution >= 0.6 is 11.3 Å². The molecule has 0 bridgehead atoms. The van der Waals surface area contributed by atoms with E-state index < -0.39 is 6.09 Å². The second kappa shape index (κ2) is 7.19. The van der Waals surface area contributed by atoms with Crippen LogP contribution in [0, 0.1) is 11.8 Å². The number of nitrogens with zero attached hydrogens (tertiary/aromatic N) is 1. The molecule has 0 radical (unpaired) electrons. The summed E-state index contributed by atoms with van der Waals surface area (Å²) in [5, 5.41) is 5.15. The number of hydrogen-bond acceptors (Lipinski definition) is 4. The van der Waals surface area contributed by atoms with Crippen molar-refractivity contribution in [2.75, 3.05) is 6.54 Å². The van der Waals surface area contributed by atoms with Gasteiger partial charge in [-0.05, 0) is 11.5 Å². The van der Waals surface area contributed by atoms with E-state index in [2.05, 4.69) is 22.1 Å². The van der Waals surface area contributed by atoms with E-state index >= 15 is 0 Å². The lowest BCUT2D eigenvalue weighted by atomic mass is 10.2. The third-order valence-electron chi connectivity index (χ3n) is 2.16. The fourth-order valence-corrected chi connectivity index (χ4v) is 1.80. The second-order valence-corrected chi connectivity index (χ2v) is 4.45. The van der Waals surface area contributed by atoms with Gasteiger partial charge in [-0.3, -0.25) is 0 Å². The Morgan fingerprint density at radius 2 is 2.21 bits per heavy atom. The van der Waals surface area contributed by atoms with Crippen molar-refractivity contribution in [1.82, 2.24) is 10.3 Å². The average Bonchev–Trinajstić information content (AvgIpc) is 2.96. The van der Waals surface area contributed by atoms with Crippen molar-refractivity contribution < 1.29 is 9.53 Å². The topological polar surface area (TPSA) is 51.2 Å². The molecule has 4 nitrogen and oxygen atoms in total. The number of nitrogens with one attached hydrogen (secondary N) is 1. The highest BCUT2D eigenvalue weighted by Gasteiger charge is 1.99. The van der Waals surface area contributed by atoms with E-state index in [1.807, 2.05) is 35.7 Å². The highest BCUT2D eigenvalue weighted by Crippen LogP contribution is 2.01. The molecule has 0 aliphatic heterocycles. The summed E-state index contributed by atoms with van der Waals surface area (Å²) >= 11 is 1.46. The number of thiazole rings is 1. The maximum atomic E-state index is 11.4. The van der Waals surface area contributed by atoms with Gasteiger partial charge in [0.1, 0.15) is 6.61 Å². The van der Waals surface area contributed by atoms with Crippen LogP contribution in [0.15, 0.2) is 41.9 Å². The Morgan fingerprint density at radius 3 is 2.95 bits per heavy atom. The molecule has 1 aromatic heterocycles. The van der Waals surface area contributed by atoms with E-state index in [0.29, 0.717) is 0 Å². The molecule has 0 spiro atoms. The minimum Gasteiger partial charge on any atom is -0.445 e. The Hall–Kier alpha value is -2.32. The van der Waals surface area contributed by atoms with Gasteiger partial charge < -0.3 is 10.1 Å². The summed E-state index contributed by atoms with van der Waals surface area (Å²) in [7, 11) is 0. The van der Waals surface area contributed by atoms with Gasteiger partial charge in [0.15, 0.2) is 5.01 Å². The average molecular weight is 272 g/mol. The van der Waals surface area contributed by atoms with Crippen molar-refractivity contribution in [3.63, 3.8) is 0 Å². The maximum absolute atomic E-state index is 11.4. The van der Waals surface area contributed by atoms with Gasteiger partial charge in [-0.25, -0.2) is 9.78 Å². The number of carbonyl (C=O) groups excluding carboxylic acids is 1. The zero-order valence-electron chi connectivity index (χ0n) is 10.1. The van der Waals surface area contributed by atoms with Crippen molar-refractivity contribution in [3.8, 4) is 11.8 Å². The molecule has 0 aliphatic carbocycles. The van der Waals surface area contributed by atoms with Crippen molar-refractivity contribution in [2.45, 2.75) is 6.61 Å². The van der Waals surface area contributed by atoms with Crippen molar-refractivity contribution in [2.24, 2.45) is 0 Å². The number of ether oxygens (including phenoxy) is 1. The summed E-state index contributed by atoms with van der Waals surface area (Å²) in [6.45, 7) is 0.500. The summed E-state index contributed by atoms with van der Waals surface area (Å²) in [6, 6.07) is 9.51. The number of aromatic nitrogens is 1. The van der Waals surface area contributed by atoms with Gasteiger partial charge in [0.2, 0.25) is 0 Å². The first-order chi connectivity index (χ1) is 9.34. The molecule has 2 rings (SSSR count). The Morgan fingerprint density at radius 1 is 1.37 bits per heavy atom. The van der Waals surface area contributed by atoms with Crippen molar-refractivity contribution >= 4 is 17.4 Å². The number of hydrogen-bond donors (Lipinski definition) is 1. The highest BCUT2D eigenvalue weighted by atomic mass is 32.1. The molecule has 0 saturated heterocycles. The lowest BCUT2D eigenvalue weighted by molar-refractivity contribution is 0.141. The predicted molar refractivity (Wildman–Crippen MR) is 73.6 cm³/mol. The van der Waals surface area contributed by atoms with E-state index in [1.54, 1.807) is 6.20 Å². The minimum atomic E-state index is -0.475. The number of amides is 1. The SMILES string of the molecule is O=C(NCC#Cc1nccs1)OCc1ccccc1. The molecule has 1 amide bonds. The van der Waals surface area contributed by atoms with E-state index in [-0.39, 0.29) is 13.2 Å². The fraction of sp³-hybridized carbons (Fsp3) is 0.143. The molecule has 1 heterocycles. The molecular formula is C14H12N2O2S. The van der Waals surface area contributed by atoms with Crippen LogP contribution in [-0.4, -0.2) is 17.6 Å². The quantitative estimate of drug-likeness (QED) is 0.873. The number of alkyl carbamates (subject to hydrolysis) is 1. The summed E-state index contributed by atoms with van der Waals surface area (Å²) < 4.78 is 5.03. The molecule has 96 valence electrons. The van der Waals surface area contributed by atoms with Gasteiger partial charge in [0.05, 0.1) is 6.54 Å². The summed E-state index contributed by atoms with van der Waals surface area (Å²) in [5.41, 5.74) is 0.950. The highest BCUT2D eigenvalue weighted by molar-refractivity contribution is 7.10. The first-order valence-electron chi connectivity index (χ1n) is 5.67. The molecule has 0 saturated carbocycles. The van der Waals surface area contributed by atoms with Gasteiger partial charge >= 0.3 is 6.09 Å². The Kier molecular flexibility index (Phi) is 4.96. The van der Waals surface area contributed by atoms with E-state index in [1.165, 1.54) is 11.3 Å². The maximum Gasteiger partial charge on any atom is 0.408 e. The summed E-state index contributed by atoms with van der Waals surface area (Å²) in [4.78, 5) is 15.4. The van der Waals surface area contributed by atoms with Crippen LogP contribution in [0.2, 0.25) is 0 Å². The molecule has 5 heteroatoms. The first-order valence-corrected chi connectivity index (χ1v) is 6.55. The van der Waals surface area contributed by atoms with E-state index in [0.717, 1.165) is 10.6 Å². The van der Waals surface area contributed by atoms with Gasteiger partial charge in [-0.15, -0.1) is 11.3 Å². The lowest BCUT2D eigenvalue weighted by Crippen LogP contribution is -2.24. The Balaban J connectivity index is 1.68. The summed E-state index contributed by atoms with van der Waals surface area (Å²) in [5.74, 6) is 5.64. The normalized spacial score (nSPS) is 9.26. The van der Waals surface area contributed by atoms with Crippen LogP contribution in [0.4, 0.5) is 4.79 Å². The third kappa shape index (κ3) is 4.82. The number of benzene rings is 1.